The topological polar surface area (TPSA) is 52.6 Å². The summed E-state index contributed by atoms with van der Waals surface area (Å²) in [7, 11) is 1.58. The van der Waals surface area contributed by atoms with Crippen molar-refractivity contribution in [3.8, 4) is 5.75 Å². The van der Waals surface area contributed by atoms with Crippen LogP contribution in [0.15, 0.2) is 29.8 Å². The van der Waals surface area contributed by atoms with Gasteiger partial charge < -0.3 is 9.47 Å². The average Bonchev–Trinajstić information content (AvgIpc) is 2.33. The molecule has 1 aromatic carbocycles. The zero-order chi connectivity index (χ0) is 12.3. The normalized spacial score (nSPS) is 18.1. The summed E-state index contributed by atoms with van der Waals surface area (Å²) >= 11 is 0. The number of cyclic esters (lactones) is 2. The molecule has 1 heterocycles. The van der Waals surface area contributed by atoms with E-state index in [2.05, 4.69) is 4.74 Å². The van der Waals surface area contributed by atoms with E-state index in [-0.39, 0.29) is 6.42 Å². The SMILES string of the molecule is COc1cccc(/C=C2\CCC(=O)OC2=O)c1. The largest absolute Gasteiger partial charge is 0.497 e. The zero-order valence-electron chi connectivity index (χ0n) is 9.43. The van der Waals surface area contributed by atoms with Crippen molar-refractivity contribution >= 4 is 18.0 Å². The highest BCUT2D eigenvalue weighted by atomic mass is 16.6. The third kappa shape index (κ3) is 2.72. The van der Waals surface area contributed by atoms with E-state index in [0.29, 0.717) is 12.0 Å². The monoisotopic (exact) mass is 232 g/mol. The van der Waals surface area contributed by atoms with E-state index < -0.39 is 11.9 Å². The lowest BCUT2D eigenvalue weighted by molar-refractivity contribution is -0.159. The maximum Gasteiger partial charge on any atom is 0.341 e. The maximum atomic E-state index is 11.4. The molecule has 0 spiro atoms. The van der Waals surface area contributed by atoms with Crippen LogP contribution in [0.3, 0.4) is 0 Å². The number of hydrogen-bond donors (Lipinski definition) is 0. The molecule has 0 radical (unpaired) electrons. The fraction of sp³-hybridized carbons (Fsp3) is 0.231. The van der Waals surface area contributed by atoms with Gasteiger partial charge in [-0.05, 0) is 30.2 Å². The molecule has 0 aliphatic carbocycles. The lowest BCUT2D eigenvalue weighted by Gasteiger charge is -2.12. The number of ether oxygens (including phenoxy) is 2. The van der Waals surface area contributed by atoms with Crippen LogP contribution >= 0.6 is 0 Å². The first-order valence-corrected chi connectivity index (χ1v) is 5.28. The summed E-state index contributed by atoms with van der Waals surface area (Å²) in [6.07, 6.45) is 2.40. The highest BCUT2D eigenvalue weighted by Crippen LogP contribution is 2.20. The van der Waals surface area contributed by atoms with Crippen molar-refractivity contribution in [1.29, 1.82) is 0 Å². The Morgan fingerprint density at radius 2 is 2.12 bits per heavy atom. The van der Waals surface area contributed by atoms with Crippen LogP contribution in [0.1, 0.15) is 18.4 Å². The van der Waals surface area contributed by atoms with Crippen molar-refractivity contribution in [1.82, 2.24) is 0 Å². The van der Waals surface area contributed by atoms with Crippen molar-refractivity contribution in [3.05, 3.63) is 35.4 Å². The second kappa shape index (κ2) is 4.82. The average molecular weight is 232 g/mol. The molecule has 2 rings (SSSR count). The molecule has 0 N–H and O–H groups in total. The Labute approximate surface area is 98.8 Å². The molecule has 1 saturated heterocycles. The zero-order valence-corrected chi connectivity index (χ0v) is 9.43. The van der Waals surface area contributed by atoms with Gasteiger partial charge in [0.1, 0.15) is 5.75 Å². The highest BCUT2D eigenvalue weighted by Gasteiger charge is 2.22. The van der Waals surface area contributed by atoms with E-state index in [4.69, 9.17) is 4.74 Å². The molecule has 1 aliphatic heterocycles. The summed E-state index contributed by atoms with van der Waals surface area (Å²) in [5, 5.41) is 0. The fourth-order valence-corrected chi connectivity index (χ4v) is 1.62. The molecule has 0 unspecified atom stereocenters. The van der Waals surface area contributed by atoms with Crippen LogP contribution < -0.4 is 4.74 Å². The standard InChI is InChI=1S/C13H12O4/c1-16-11-4-2-3-9(8-11)7-10-5-6-12(14)17-13(10)15/h2-4,7-8H,5-6H2,1H3/b10-7+. The third-order valence-electron chi connectivity index (χ3n) is 2.50. The van der Waals surface area contributed by atoms with E-state index in [0.717, 1.165) is 11.3 Å². The van der Waals surface area contributed by atoms with Gasteiger partial charge in [0, 0.05) is 5.57 Å². The van der Waals surface area contributed by atoms with Crippen LogP contribution in [0.4, 0.5) is 0 Å². The molecule has 0 atom stereocenters. The van der Waals surface area contributed by atoms with Crippen molar-refractivity contribution in [2.45, 2.75) is 12.8 Å². The predicted octanol–water partition coefficient (Wildman–Crippen LogP) is 1.94. The summed E-state index contributed by atoms with van der Waals surface area (Å²) in [6, 6.07) is 7.34. The van der Waals surface area contributed by atoms with E-state index in [1.54, 1.807) is 13.2 Å². The Morgan fingerprint density at radius 1 is 1.29 bits per heavy atom. The van der Waals surface area contributed by atoms with Gasteiger partial charge >= 0.3 is 11.9 Å². The Kier molecular flexibility index (Phi) is 3.23. The summed E-state index contributed by atoms with van der Waals surface area (Å²) in [4.78, 5) is 22.3. The van der Waals surface area contributed by atoms with Gasteiger partial charge in [0.25, 0.3) is 0 Å². The minimum absolute atomic E-state index is 0.252. The minimum Gasteiger partial charge on any atom is -0.497 e. The van der Waals surface area contributed by atoms with Crippen LogP contribution in [-0.2, 0) is 14.3 Å². The number of benzene rings is 1. The van der Waals surface area contributed by atoms with Crippen LogP contribution in [0, 0.1) is 0 Å². The number of rotatable bonds is 2. The van der Waals surface area contributed by atoms with E-state index in [1.807, 2.05) is 24.3 Å². The van der Waals surface area contributed by atoms with E-state index in [9.17, 15) is 9.59 Å². The quantitative estimate of drug-likeness (QED) is 0.444. The first kappa shape index (κ1) is 11.4. The lowest BCUT2D eigenvalue weighted by Crippen LogP contribution is -2.20. The summed E-state index contributed by atoms with van der Waals surface area (Å²) < 4.78 is 9.64. The van der Waals surface area contributed by atoms with Crippen molar-refractivity contribution in [3.63, 3.8) is 0 Å². The van der Waals surface area contributed by atoms with E-state index in [1.165, 1.54) is 0 Å². The van der Waals surface area contributed by atoms with Gasteiger partial charge in [-0.25, -0.2) is 4.79 Å². The molecule has 88 valence electrons. The van der Waals surface area contributed by atoms with Crippen molar-refractivity contribution in [2.24, 2.45) is 0 Å². The molecule has 17 heavy (non-hydrogen) atoms. The van der Waals surface area contributed by atoms with Crippen molar-refractivity contribution < 1.29 is 19.1 Å². The fourth-order valence-electron chi connectivity index (χ4n) is 1.62. The molecule has 4 heteroatoms. The first-order valence-electron chi connectivity index (χ1n) is 5.28. The molecule has 4 nitrogen and oxygen atoms in total. The summed E-state index contributed by atoms with van der Waals surface area (Å²) in [5.74, 6) is -0.290. The Bertz CT molecular complexity index is 488. The molecule has 0 bridgehead atoms. The molecule has 1 aromatic rings. The molecule has 0 aromatic heterocycles. The smallest absolute Gasteiger partial charge is 0.341 e. The van der Waals surface area contributed by atoms with Gasteiger partial charge in [0.2, 0.25) is 0 Å². The van der Waals surface area contributed by atoms with Crippen molar-refractivity contribution in [2.75, 3.05) is 7.11 Å². The van der Waals surface area contributed by atoms with Gasteiger partial charge in [0.15, 0.2) is 0 Å². The molecule has 1 aliphatic rings. The maximum absolute atomic E-state index is 11.4. The van der Waals surface area contributed by atoms with Crippen LogP contribution in [0.2, 0.25) is 0 Å². The van der Waals surface area contributed by atoms with Gasteiger partial charge in [-0.2, -0.15) is 0 Å². The van der Waals surface area contributed by atoms with Crippen LogP contribution in [0.25, 0.3) is 6.08 Å². The predicted molar refractivity (Wildman–Crippen MR) is 61.3 cm³/mol. The molecule has 0 amide bonds. The number of hydrogen-bond acceptors (Lipinski definition) is 4. The van der Waals surface area contributed by atoms with Gasteiger partial charge in [-0.1, -0.05) is 12.1 Å². The second-order valence-electron chi connectivity index (χ2n) is 3.71. The third-order valence-corrected chi connectivity index (χ3v) is 2.50. The summed E-state index contributed by atoms with van der Waals surface area (Å²) in [6.45, 7) is 0. The number of carbonyl (C=O) groups is 2. The molecule has 0 saturated carbocycles. The number of methoxy groups -OCH3 is 1. The minimum atomic E-state index is -0.552. The number of esters is 2. The van der Waals surface area contributed by atoms with Gasteiger partial charge in [-0.15, -0.1) is 0 Å². The Balaban J connectivity index is 2.23. The van der Waals surface area contributed by atoms with Crippen LogP contribution in [0.5, 0.6) is 5.75 Å². The second-order valence-corrected chi connectivity index (χ2v) is 3.71. The molecular formula is C13H12O4. The first-order chi connectivity index (χ1) is 8.19. The molecule has 1 fully saturated rings. The van der Waals surface area contributed by atoms with E-state index >= 15 is 0 Å². The van der Waals surface area contributed by atoms with Crippen LogP contribution in [-0.4, -0.2) is 19.0 Å². The Hall–Kier alpha value is -2.10. The van der Waals surface area contributed by atoms with Gasteiger partial charge in [-0.3, -0.25) is 4.79 Å². The van der Waals surface area contributed by atoms with Gasteiger partial charge in [0.05, 0.1) is 13.5 Å². The lowest BCUT2D eigenvalue weighted by atomic mass is 10.0. The highest BCUT2D eigenvalue weighted by molar-refractivity contribution is 6.02. The number of carbonyl (C=O) groups excluding carboxylic acids is 2. The summed E-state index contributed by atoms with van der Waals surface area (Å²) in [5.41, 5.74) is 1.36. The molecular weight excluding hydrogens is 220 g/mol. The Morgan fingerprint density at radius 3 is 2.82 bits per heavy atom.